The van der Waals surface area contributed by atoms with E-state index in [4.69, 9.17) is 42.6 Å². The van der Waals surface area contributed by atoms with E-state index < -0.39 is 108 Å². The summed E-state index contributed by atoms with van der Waals surface area (Å²) in [7, 11) is 4.72. The summed E-state index contributed by atoms with van der Waals surface area (Å²) in [6.07, 6.45) is 8.41. The predicted octanol–water partition coefficient (Wildman–Crippen LogP) is 5.96. The fourth-order valence-electron chi connectivity index (χ4n) is 11.1. The summed E-state index contributed by atoms with van der Waals surface area (Å²) in [5, 5.41) is 37.1. The number of aliphatic hydroxyl groups excluding tert-OH is 2. The third kappa shape index (κ3) is 21.2. The second-order valence-corrected chi connectivity index (χ2v) is 22.5. The maximum Gasteiger partial charge on any atom is 0.407 e. The summed E-state index contributed by atoms with van der Waals surface area (Å²) in [6.45, 7) is 15.4. The molecule has 3 heterocycles. The van der Waals surface area contributed by atoms with Gasteiger partial charge in [-0.25, -0.2) is 9.59 Å². The lowest BCUT2D eigenvalue weighted by molar-refractivity contribution is -0.265. The molecule has 0 aromatic heterocycles. The molecule has 1 aliphatic carbocycles. The van der Waals surface area contributed by atoms with Crippen LogP contribution in [-0.2, 0) is 66.6 Å². The summed E-state index contributed by atoms with van der Waals surface area (Å²) in [6, 6.07) is -1.20. The molecule has 15 atom stereocenters. The highest BCUT2D eigenvalue weighted by molar-refractivity contribution is 6.39. The summed E-state index contributed by atoms with van der Waals surface area (Å²) in [4.78, 5) is 85.1. The molecule has 0 radical (unpaired) electrons. The van der Waals surface area contributed by atoms with E-state index in [-0.39, 0.29) is 62.2 Å². The first kappa shape index (κ1) is 68.3. The van der Waals surface area contributed by atoms with Gasteiger partial charge in [-0.1, -0.05) is 71.1 Å². The molecule has 20 heteroatoms. The van der Waals surface area contributed by atoms with Gasteiger partial charge in [0.1, 0.15) is 36.2 Å². The van der Waals surface area contributed by atoms with Gasteiger partial charge >= 0.3 is 12.1 Å². The van der Waals surface area contributed by atoms with Crippen LogP contribution in [0.1, 0.15) is 126 Å². The number of amides is 2. The first-order valence-corrected chi connectivity index (χ1v) is 29.0. The molecule has 2 bridgehead atoms. The first-order valence-electron chi connectivity index (χ1n) is 29.0. The number of cyclic esters (lactones) is 1. The van der Waals surface area contributed by atoms with Crippen LogP contribution < -0.4 is 5.32 Å². The van der Waals surface area contributed by atoms with E-state index in [0.29, 0.717) is 97.4 Å². The van der Waals surface area contributed by atoms with Crippen molar-refractivity contribution in [3.63, 3.8) is 0 Å². The van der Waals surface area contributed by atoms with E-state index in [2.05, 4.69) is 5.32 Å². The molecule has 0 aromatic carbocycles. The number of fused-ring (bicyclic) bond motifs is 3. The highest BCUT2D eigenvalue weighted by Crippen LogP contribution is 2.38. The van der Waals surface area contributed by atoms with Crippen molar-refractivity contribution in [2.24, 2.45) is 35.5 Å². The van der Waals surface area contributed by atoms with E-state index >= 15 is 0 Å². The van der Waals surface area contributed by atoms with E-state index in [9.17, 15) is 44.1 Å². The minimum absolute atomic E-state index is 0.00711. The molecular formula is C60H96N2O18. The van der Waals surface area contributed by atoms with Crippen LogP contribution in [0, 0.1) is 35.5 Å². The van der Waals surface area contributed by atoms with Crippen molar-refractivity contribution in [2.45, 2.75) is 180 Å². The molecule has 3 aliphatic heterocycles. The SMILES string of the molecule is COCCOCCOCCOCCNC(=O)O[C@@H]1CC[C@@H](C[C@@H](C)[C@@H]2CC(=O)[C@H](C)/C=C(\C)[C@@H](O)[C@@H](O)C(=O)[C@H](C)C[C@H](C)/C=C/C=C/C=C(\C)[C@@H](OC)C[C@@H]3CC[C@@H](C)[C@@](O)(O3)C(=O)C(=O)N3CCCC[C@H]3C(=O)O2)C[C@H]1OC. The molecule has 3 fully saturated rings. The number of methoxy groups -OCH3 is 3. The van der Waals surface area contributed by atoms with E-state index in [1.165, 1.54) is 6.08 Å². The third-order valence-electron chi connectivity index (χ3n) is 16.2. The smallest absolute Gasteiger partial charge is 0.407 e. The summed E-state index contributed by atoms with van der Waals surface area (Å²) in [5.74, 6) is -9.08. The van der Waals surface area contributed by atoms with Gasteiger partial charge in [0, 0.05) is 65.0 Å². The van der Waals surface area contributed by atoms with Gasteiger partial charge in [-0.2, -0.15) is 0 Å². The zero-order chi connectivity index (χ0) is 58.9. The first-order chi connectivity index (χ1) is 38.1. The van der Waals surface area contributed by atoms with E-state index in [1.807, 2.05) is 51.2 Å². The van der Waals surface area contributed by atoms with Crippen molar-refractivity contribution in [2.75, 3.05) is 80.7 Å². The summed E-state index contributed by atoms with van der Waals surface area (Å²) >= 11 is 0. The number of nitrogens with zero attached hydrogens (tertiary/aromatic N) is 1. The van der Waals surface area contributed by atoms with Gasteiger partial charge in [-0.15, -0.1) is 0 Å². The minimum atomic E-state index is -2.47. The molecule has 1 saturated carbocycles. The molecule has 454 valence electrons. The number of alkyl carbamates (subject to hydrolysis) is 1. The average molecular weight is 1130 g/mol. The summed E-state index contributed by atoms with van der Waals surface area (Å²) in [5.41, 5.74) is 1.07. The Labute approximate surface area is 474 Å². The van der Waals surface area contributed by atoms with Crippen LogP contribution in [0.3, 0.4) is 0 Å². The Morgan fingerprint density at radius 3 is 2.15 bits per heavy atom. The normalized spacial score (nSPS) is 34.9. The molecule has 20 nitrogen and oxygen atoms in total. The van der Waals surface area contributed by atoms with Crippen molar-refractivity contribution in [1.29, 1.82) is 0 Å². The molecule has 2 saturated heterocycles. The Bertz CT molecular complexity index is 2100. The topological polar surface area (TPSA) is 261 Å². The Morgan fingerprint density at radius 1 is 0.787 bits per heavy atom. The van der Waals surface area contributed by atoms with Gasteiger partial charge in [0.2, 0.25) is 5.79 Å². The lowest BCUT2D eigenvalue weighted by atomic mass is 9.78. The Balaban J connectivity index is 1.53. The molecule has 0 spiro atoms. The Kier molecular flexibility index (Phi) is 29.9. The molecule has 80 heavy (non-hydrogen) atoms. The number of esters is 1. The lowest BCUT2D eigenvalue weighted by Crippen LogP contribution is -2.61. The quantitative estimate of drug-likeness (QED) is 0.0534. The number of nitrogens with one attached hydrogen (secondary N) is 1. The zero-order valence-electron chi connectivity index (χ0n) is 49.3. The monoisotopic (exact) mass is 1130 g/mol. The minimum Gasteiger partial charge on any atom is -0.460 e. The third-order valence-corrected chi connectivity index (χ3v) is 16.2. The number of carbonyl (C=O) groups excluding carboxylic acids is 6. The van der Waals surface area contributed by atoms with Crippen LogP contribution in [-0.4, -0.2) is 191 Å². The maximum atomic E-state index is 14.6. The predicted molar refractivity (Wildman–Crippen MR) is 297 cm³/mol. The molecular weight excluding hydrogens is 1040 g/mol. The number of hydrogen-bond acceptors (Lipinski definition) is 18. The molecule has 4 rings (SSSR count). The fourth-order valence-corrected chi connectivity index (χ4v) is 11.1. The number of ketones is 3. The number of carbonyl (C=O) groups is 6. The van der Waals surface area contributed by atoms with Gasteiger partial charge in [-0.05, 0) is 107 Å². The average Bonchev–Trinajstić information content (AvgIpc) is 3.45. The molecule has 2 amide bonds. The Hall–Kier alpha value is -4.22. The van der Waals surface area contributed by atoms with Crippen LogP contribution >= 0.6 is 0 Å². The van der Waals surface area contributed by atoms with Crippen LogP contribution in [0.4, 0.5) is 4.79 Å². The highest BCUT2D eigenvalue weighted by Gasteiger charge is 2.53. The molecule has 4 N–H and O–H groups in total. The van der Waals surface area contributed by atoms with Crippen molar-refractivity contribution in [3.8, 4) is 0 Å². The van der Waals surface area contributed by atoms with Crippen molar-refractivity contribution < 1.29 is 86.7 Å². The number of rotatable bonds is 18. The molecule has 0 unspecified atom stereocenters. The Morgan fingerprint density at radius 2 is 1.48 bits per heavy atom. The van der Waals surface area contributed by atoms with Crippen LogP contribution in [0.2, 0.25) is 0 Å². The number of Topliss-reactive ketones (excluding diaryl/α,β-unsaturated/α-hetero) is 3. The highest BCUT2D eigenvalue weighted by atomic mass is 16.6. The standard InChI is InChI=1S/C60H96N2O18/c1-38-16-12-11-13-17-39(2)50(73-9)36-46-21-19-44(7)60(71,80-46)56(67)57(68)62-24-15-14-18-47(62)58(69)78-51(37-48(63)40(3)33-43(6)54(65)55(66)53(64)42(5)32-38)41(4)34-45-20-22-49(52(35-45)74-10)79-59(70)61-23-25-75-28-29-77-31-30-76-27-26-72-8/h11-13,16-17,33,38,40-42,44-47,49-52,54-55,65-66,71H,14-15,18-32,34-37H2,1-10H3,(H,61,70)/b13-11+,16-12+,39-17+,43-33+/t38-,40-,41-,42-,44-,45+,46+,47+,49-,50+,51+,52-,54-,55+,60-/m1/s1. The number of hydrogen-bond donors (Lipinski definition) is 4. The van der Waals surface area contributed by atoms with Gasteiger partial charge in [0.05, 0.1) is 64.6 Å². The maximum absolute atomic E-state index is 14.6. The summed E-state index contributed by atoms with van der Waals surface area (Å²) < 4.78 is 51.3. The number of aliphatic hydroxyl groups is 3. The van der Waals surface area contributed by atoms with Crippen LogP contribution in [0.5, 0.6) is 0 Å². The largest absolute Gasteiger partial charge is 0.460 e. The number of piperidine rings is 1. The molecule has 4 aliphatic rings. The zero-order valence-corrected chi connectivity index (χ0v) is 49.3. The van der Waals surface area contributed by atoms with Gasteiger partial charge in [0.25, 0.3) is 11.7 Å². The van der Waals surface area contributed by atoms with Crippen molar-refractivity contribution in [3.05, 3.63) is 47.6 Å². The number of allylic oxidation sites excluding steroid dienone is 6. The van der Waals surface area contributed by atoms with E-state index in [0.717, 1.165) is 10.5 Å². The van der Waals surface area contributed by atoms with Gasteiger partial charge < -0.3 is 68.2 Å². The van der Waals surface area contributed by atoms with E-state index in [1.54, 1.807) is 49.0 Å². The molecule has 0 aromatic rings. The number of ether oxygens (including phenoxy) is 9. The fraction of sp³-hybridized carbons (Fsp3) is 0.767. The van der Waals surface area contributed by atoms with Crippen LogP contribution in [0.15, 0.2) is 47.6 Å². The van der Waals surface area contributed by atoms with Crippen LogP contribution in [0.25, 0.3) is 0 Å². The second-order valence-electron chi connectivity index (χ2n) is 22.5. The second kappa shape index (κ2) is 35.0. The van der Waals surface area contributed by atoms with Gasteiger partial charge in [0.15, 0.2) is 5.78 Å². The van der Waals surface area contributed by atoms with Crippen molar-refractivity contribution in [1.82, 2.24) is 10.2 Å². The van der Waals surface area contributed by atoms with Gasteiger partial charge in [-0.3, -0.25) is 19.2 Å². The van der Waals surface area contributed by atoms with Crippen molar-refractivity contribution >= 4 is 35.3 Å². The lowest BCUT2D eigenvalue weighted by Gasteiger charge is -2.42.